The van der Waals surface area contributed by atoms with Crippen LogP contribution < -0.4 is 5.32 Å². The molecule has 1 aliphatic rings. The van der Waals surface area contributed by atoms with E-state index in [1.807, 2.05) is 23.5 Å². The van der Waals surface area contributed by atoms with E-state index in [4.69, 9.17) is 11.6 Å². The molecule has 1 aromatic carbocycles. The second kappa shape index (κ2) is 7.30. The molecule has 0 saturated heterocycles. The van der Waals surface area contributed by atoms with Gasteiger partial charge < -0.3 is 5.32 Å². The maximum absolute atomic E-state index is 12.6. The van der Waals surface area contributed by atoms with Crippen LogP contribution in [0.2, 0.25) is 5.02 Å². The van der Waals surface area contributed by atoms with Gasteiger partial charge in [0, 0.05) is 27.0 Å². The van der Waals surface area contributed by atoms with E-state index in [2.05, 4.69) is 39.2 Å². The summed E-state index contributed by atoms with van der Waals surface area (Å²) in [7, 11) is 0. The molecule has 0 bridgehead atoms. The number of nitrogens with zero attached hydrogens (tertiary/aromatic N) is 1. The van der Waals surface area contributed by atoms with Gasteiger partial charge in [-0.05, 0) is 53.1 Å². The molecule has 3 heterocycles. The number of hydrogen-bond acceptors (Lipinski definition) is 4. The fourth-order valence-electron chi connectivity index (χ4n) is 3.27. The number of anilines is 1. The third kappa shape index (κ3) is 3.65. The molecule has 0 spiro atoms. The fourth-order valence-corrected chi connectivity index (χ4v) is 5.24. The Morgan fingerprint density at radius 3 is 2.92 bits per heavy atom. The Labute approximate surface area is 159 Å². The SMILES string of the molecule is O=C(CN1CCc2sccc2C1c1cccs1)Nc1cccc(Cl)c1. The summed E-state index contributed by atoms with van der Waals surface area (Å²) in [5, 5.41) is 7.83. The fraction of sp³-hybridized carbons (Fsp3) is 0.211. The second-order valence-corrected chi connectivity index (χ2v) is 8.41. The zero-order chi connectivity index (χ0) is 17.2. The minimum Gasteiger partial charge on any atom is -0.325 e. The summed E-state index contributed by atoms with van der Waals surface area (Å²) < 4.78 is 0. The van der Waals surface area contributed by atoms with Gasteiger partial charge in [0.1, 0.15) is 0 Å². The molecule has 4 rings (SSSR count). The number of fused-ring (bicyclic) bond motifs is 1. The Morgan fingerprint density at radius 1 is 1.20 bits per heavy atom. The van der Waals surface area contributed by atoms with Crippen LogP contribution in [0.1, 0.15) is 21.4 Å². The van der Waals surface area contributed by atoms with Crippen LogP contribution in [-0.2, 0) is 11.2 Å². The number of carbonyl (C=O) groups is 1. The van der Waals surface area contributed by atoms with Crippen LogP contribution >= 0.6 is 34.3 Å². The van der Waals surface area contributed by atoms with E-state index >= 15 is 0 Å². The summed E-state index contributed by atoms with van der Waals surface area (Å²) in [6.45, 7) is 1.25. The topological polar surface area (TPSA) is 32.3 Å². The highest BCUT2D eigenvalue weighted by Crippen LogP contribution is 2.39. The number of carbonyl (C=O) groups excluding carboxylic acids is 1. The molecule has 2 aromatic heterocycles. The van der Waals surface area contributed by atoms with Crippen molar-refractivity contribution >= 4 is 45.9 Å². The van der Waals surface area contributed by atoms with Gasteiger partial charge in [0.25, 0.3) is 0 Å². The molecule has 3 nitrogen and oxygen atoms in total. The molecule has 1 unspecified atom stereocenters. The van der Waals surface area contributed by atoms with Gasteiger partial charge in [-0.2, -0.15) is 0 Å². The molecular weight excluding hydrogens is 372 g/mol. The number of amides is 1. The first-order valence-electron chi connectivity index (χ1n) is 8.10. The largest absolute Gasteiger partial charge is 0.325 e. The van der Waals surface area contributed by atoms with Crippen molar-refractivity contribution in [3.8, 4) is 0 Å². The molecule has 1 N–H and O–H groups in total. The summed E-state index contributed by atoms with van der Waals surface area (Å²) in [6, 6.07) is 13.9. The number of nitrogens with one attached hydrogen (secondary N) is 1. The maximum Gasteiger partial charge on any atom is 0.238 e. The van der Waals surface area contributed by atoms with Gasteiger partial charge in [-0.1, -0.05) is 23.7 Å². The third-order valence-corrected chi connectivity index (χ3v) is 6.49. The number of halogens is 1. The van der Waals surface area contributed by atoms with E-state index in [-0.39, 0.29) is 11.9 Å². The molecule has 1 atom stereocenters. The second-order valence-electron chi connectivity index (χ2n) is 6.00. The van der Waals surface area contributed by atoms with Crippen LogP contribution in [0.3, 0.4) is 0 Å². The van der Waals surface area contributed by atoms with Gasteiger partial charge in [-0.3, -0.25) is 9.69 Å². The van der Waals surface area contributed by atoms with E-state index in [0.29, 0.717) is 11.6 Å². The van der Waals surface area contributed by atoms with Crippen molar-refractivity contribution in [3.05, 3.63) is 73.6 Å². The number of hydrogen-bond donors (Lipinski definition) is 1. The molecule has 1 amide bonds. The zero-order valence-corrected chi connectivity index (χ0v) is 15.8. The monoisotopic (exact) mass is 388 g/mol. The van der Waals surface area contributed by atoms with Gasteiger partial charge in [0.05, 0.1) is 12.6 Å². The first-order valence-corrected chi connectivity index (χ1v) is 10.2. The minimum atomic E-state index is -0.0116. The number of thiophene rings is 2. The Hall–Kier alpha value is -1.66. The quantitative estimate of drug-likeness (QED) is 0.678. The van der Waals surface area contributed by atoms with Gasteiger partial charge in [0.2, 0.25) is 5.91 Å². The number of benzene rings is 1. The highest BCUT2D eigenvalue weighted by molar-refractivity contribution is 7.10. The Morgan fingerprint density at radius 2 is 2.12 bits per heavy atom. The smallest absolute Gasteiger partial charge is 0.238 e. The minimum absolute atomic E-state index is 0.0116. The van der Waals surface area contributed by atoms with Crippen molar-refractivity contribution in [2.75, 3.05) is 18.4 Å². The van der Waals surface area contributed by atoms with Crippen LogP contribution in [-0.4, -0.2) is 23.9 Å². The lowest BCUT2D eigenvalue weighted by Crippen LogP contribution is -2.40. The molecule has 3 aromatic rings. The van der Waals surface area contributed by atoms with Gasteiger partial charge in [-0.15, -0.1) is 22.7 Å². The number of rotatable bonds is 4. The van der Waals surface area contributed by atoms with Crippen LogP contribution in [0.4, 0.5) is 5.69 Å². The van der Waals surface area contributed by atoms with Crippen LogP contribution in [0, 0.1) is 0 Å². The molecule has 1 aliphatic heterocycles. The summed E-state index contributed by atoms with van der Waals surface area (Å²) in [6.07, 6.45) is 0.999. The molecule has 128 valence electrons. The van der Waals surface area contributed by atoms with Crippen molar-refractivity contribution in [1.82, 2.24) is 4.90 Å². The predicted octanol–water partition coefficient (Wildman–Crippen LogP) is 5.05. The summed E-state index contributed by atoms with van der Waals surface area (Å²) in [4.78, 5) is 17.6. The van der Waals surface area contributed by atoms with Gasteiger partial charge >= 0.3 is 0 Å². The highest BCUT2D eigenvalue weighted by Gasteiger charge is 2.31. The van der Waals surface area contributed by atoms with Crippen molar-refractivity contribution in [2.24, 2.45) is 0 Å². The van der Waals surface area contributed by atoms with Gasteiger partial charge in [0.15, 0.2) is 0 Å². The molecule has 25 heavy (non-hydrogen) atoms. The van der Waals surface area contributed by atoms with Crippen molar-refractivity contribution in [3.63, 3.8) is 0 Å². The van der Waals surface area contributed by atoms with Crippen LogP contribution in [0.25, 0.3) is 0 Å². The van der Waals surface area contributed by atoms with Crippen molar-refractivity contribution in [2.45, 2.75) is 12.5 Å². The molecule has 0 radical (unpaired) electrons. The summed E-state index contributed by atoms with van der Waals surface area (Å²) in [5.74, 6) is -0.0116. The average molecular weight is 389 g/mol. The Balaban J connectivity index is 1.54. The van der Waals surface area contributed by atoms with E-state index < -0.39 is 0 Å². The van der Waals surface area contributed by atoms with E-state index in [0.717, 1.165) is 18.7 Å². The first-order chi connectivity index (χ1) is 12.2. The van der Waals surface area contributed by atoms with Crippen molar-refractivity contribution in [1.29, 1.82) is 0 Å². The molecular formula is C19H17ClN2OS2. The predicted molar refractivity (Wildman–Crippen MR) is 106 cm³/mol. The van der Waals surface area contributed by atoms with E-state index in [9.17, 15) is 4.79 Å². The van der Waals surface area contributed by atoms with Crippen LogP contribution in [0.15, 0.2) is 53.2 Å². The Kier molecular flexibility index (Phi) is 4.90. The zero-order valence-electron chi connectivity index (χ0n) is 13.4. The van der Waals surface area contributed by atoms with E-state index in [1.165, 1.54) is 15.3 Å². The molecule has 6 heteroatoms. The van der Waals surface area contributed by atoms with Crippen molar-refractivity contribution < 1.29 is 4.79 Å². The van der Waals surface area contributed by atoms with Crippen LogP contribution in [0.5, 0.6) is 0 Å². The molecule has 0 saturated carbocycles. The average Bonchev–Trinajstić information content (AvgIpc) is 3.26. The summed E-state index contributed by atoms with van der Waals surface area (Å²) >= 11 is 9.56. The lowest BCUT2D eigenvalue weighted by atomic mass is 9.98. The van der Waals surface area contributed by atoms with E-state index in [1.54, 1.807) is 23.5 Å². The lowest BCUT2D eigenvalue weighted by molar-refractivity contribution is -0.117. The molecule has 0 aliphatic carbocycles. The van der Waals surface area contributed by atoms with Gasteiger partial charge in [-0.25, -0.2) is 0 Å². The standard InChI is InChI=1S/C19H17ClN2OS2/c20-13-3-1-4-14(11-13)21-18(23)12-22-8-6-16-15(7-10-25-16)19(22)17-5-2-9-24-17/h1-5,7,9-11,19H,6,8,12H2,(H,21,23). The Bertz CT molecular complexity index is 875. The third-order valence-electron chi connectivity index (χ3n) is 4.33. The normalized spacial score (nSPS) is 17.2. The summed E-state index contributed by atoms with van der Waals surface area (Å²) in [5.41, 5.74) is 2.08. The maximum atomic E-state index is 12.6. The first kappa shape index (κ1) is 16.8. The highest BCUT2D eigenvalue weighted by atomic mass is 35.5. The lowest BCUT2D eigenvalue weighted by Gasteiger charge is -2.34. The molecule has 0 fully saturated rings.